The van der Waals surface area contributed by atoms with Gasteiger partial charge in [-0.3, -0.25) is 9.59 Å². The van der Waals surface area contributed by atoms with Crippen LogP contribution in [0.15, 0.2) is 77.7 Å². The summed E-state index contributed by atoms with van der Waals surface area (Å²) in [6.07, 6.45) is -0.416. The third-order valence-corrected chi connectivity index (χ3v) is 7.50. The van der Waals surface area contributed by atoms with Crippen molar-refractivity contribution in [1.82, 2.24) is 4.31 Å². The molecule has 3 aromatic carbocycles. The van der Waals surface area contributed by atoms with E-state index in [-0.39, 0.29) is 22.2 Å². The van der Waals surface area contributed by atoms with E-state index >= 15 is 0 Å². The van der Waals surface area contributed by atoms with Crippen molar-refractivity contribution in [3.8, 4) is 0 Å². The zero-order chi connectivity index (χ0) is 23.8. The number of carbonyl (C=O) groups excluding carboxylic acids is 2. The van der Waals surface area contributed by atoms with Gasteiger partial charge < -0.3 is 0 Å². The zero-order valence-corrected chi connectivity index (χ0v) is 18.6. The van der Waals surface area contributed by atoms with E-state index in [1.165, 1.54) is 12.1 Å². The number of halogens is 3. The minimum atomic E-state index is -4.34. The highest BCUT2D eigenvalue weighted by Gasteiger charge is 2.47. The molecule has 1 saturated heterocycles. The molecule has 0 radical (unpaired) electrons. The molecule has 6 nitrogen and oxygen atoms in total. The van der Waals surface area contributed by atoms with Crippen molar-refractivity contribution in [2.75, 3.05) is 4.90 Å². The lowest BCUT2D eigenvalue weighted by atomic mass is 10.2. The van der Waals surface area contributed by atoms with Crippen LogP contribution in [0.2, 0.25) is 5.02 Å². The second kappa shape index (κ2) is 9.01. The Labute approximate surface area is 194 Å². The topological polar surface area (TPSA) is 74.8 Å². The number of nitrogens with zero attached hydrogens (tertiary/aromatic N) is 2. The van der Waals surface area contributed by atoms with Crippen LogP contribution in [0.4, 0.5) is 14.5 Å². The maximum absolute atomic E-state index is 13.5. The van der Waals surface area contributed by atoms with Crippen molar-refractivity contribution in [1.29, 1.82) is 0 Å². The largest absolute Gasteiger partial charge is 0.274 e. The van der Waals surface area contributed by atoms with Crippen LogP contribution in [-0.2, 0) is 26.2 Å². The highest BCUT2D eigenvalue weighted by Crippen LogP contribution is 2.32. The second-order valence-electron chi connectivity index (χ2n) is 7.36. The molecule has 1 atom stereocenters. The maximum Gasteiger partial charge on any atom is 0.252 e. The van der Waals surface area contributed by atoms with Gasteiger partial charge >= 0.3 is 0 Å². The SMILES string of the molecule is O=C1CC(N(Cc2ccccc2Cl)S(=O)(=O)c2ccc(F)cc2)C(=O)N1c1ccc(F)cc1. The van der Waals surface area contributed by atoms with E-state index in [1.807, 2.05) is 0 Å². The highest BCUT2D eigenvalue weighted by molar-refractivity contribution is 7.89. The van der Waals surface area contributed by atoms with Crippen LogP contribution in [0.5, 0.6) is 0 Å². The summed E-state index contributed by atoms with van der Waals surface area (Å²) in [4.78, 5) is 26.6. The average molecular weight is 491 g/mol. The van der Waals surface area contributed by atoms with Gasteiger partial charge in [0.1, 0.15) is 17.7 Å². The summed E-state index contributed by atoms with van der Waals surface area (Å²) in [5.41, 5.74) is 0.552. The first-order valence-corrected chi connectivity index (χ1v) is 11.6. The van der Waals surface area contributed by atoms with Gasteiger partial charge in [0.15, 0.2) is 0 Å². The van der Waals surface area contributed by atoms with E-state index in [9.17, 15) is 26.8 Å². The smallest absolute Gasteiger partial charge is 0.252 e. The van der Waals surface area contributed by atoms with Crippen LogP contribution in [0.1, 0.15) is 12.0 Å². The molecule has 3 aromatic rings. The van der Waals surface area contributed by atoms with E-state index in [0.717, 1.165) is 45.6 Å². The van der Waals surface area contributed by atoms with E-state index in [4.69, 9.17) is 11.6 Å². The number of rotatable bonds is 6. The van der Waals surface area contributed by atoms with Gasteiger partial charge in [-0.15, -0.1) is 0 Å². The van der Waals surface area contributed by atoms with Crippen LogP contribution in [0.25, 0.3) is 0 Å². The Kier molecular flexibility index (Phi) is 6.29. The second-order valence-corrected chi connectivity index (χ2v) is 9.66. The number of hydrogen-bond donors (Lipinski definition) is 0. The number of carbonyl (C=O) groups is 2. The minimum Gasteiger partial charge on any atom is -0.274 e. The Morgan fingerprint density at radius 2 is 1.48 bits per heavy atom. The molecule has 10 heteroatoms. The Balaban J connectivity index is 1.77. The van der Waals surface area contributed by atoms with Gasteiger partial charge in [-0.2, -0.15) is 4.31 Å². The molecule has 33 heavy (non-hydrogen) atoms. The van der Waals surface area contributed by atoms with Gasteiger partial charge in [0.05, 0.1) is 17.0 Å². The molecule has 0 aliphatic carbocycles. The van der Waals surface area contributed by atoms with Gasteiger partial charge in [-0.05, 0) is 60.2 Å². The molecule has 0 aromatic heterocycles. The monoisotopic (exact) mass is 490 g/mol. The van der Waals surface area contributed by atoms with Crippen molar-refractivity contribution in [2.24, 2.45) is 0 Å². The molecule has 1 aliphatic heterocycles. The lowest BCUT2D eigenvalue weighted by Crippen LogP contribution is -2.45. The molecule has 0 saturated carbocycles. The third-order valence-electron chi connectivity index (χ3n) is 5.26. The summed E-state index contributed by atoms with van der Waals surface area (Å²) < 4.78 is 54.6. The fourth-order valence-corrected chi connectivity index (χ4v) is 5.36. The van der Waals surface area contributed by atoms with Gasteiger partial charge in [0, 0.05) is 11.6 Å². The predicted molar refractivity (Wildman–Crippen MR) is 118 cm³/mol. The van der Waals surface area contributed by atoms with Gasteiger partial charge in [0.2, 0.25) is 15.9 Å². The predicted octanol–water partition coefficient (Wildman–Crippen LogP) is 4.14. The molecule has 1 unspecified atom stereocenters. The lowest BCUT2D eigenvalue weighted by Gasteiger charge is -2.27. The van der Waals surface area contributed by atoms with E-state index in [2.05, 4.69) is 0 Å². The van der Waals surface area contributed by atoms with Crippen LogP contribution < -0.4 is 4.90 Å². The number of amides is 2. The molecule has 1 heterocycles. The van der Waals surface area contributed by atoms with Gasteiger partial charge in [0.25, 0.3) is 5.91 Å². The first-order valence-electron chi connectivity index (χ1n) is 9.81. The average Bonchev–Trinajstić information content (AvgIpc) is 3.07. The number of anilines is 1. The Morgan fingerprint density at radius 3 is 2.09 bits per heavy atom. The van der Waals surface area contributed by atoms with Crippen molar-refractivity contribution in [3.05, 3.63) is 95.0 Å². The molecule has 0 spiro atoms. The molecule has 2 amide bonds. The summed E-state index contributed by atoms with van der Waals surface area (Å²) in [5.74, 6) is -2.57. The Hall–Kier alpha value is -3.14. The first kappa shape index (κ1) is 23.0. The van der Waals surface area contributed by atoms with Crippen molar-refractivity contribution < 1.29 is 26.8 Å². The number of benzene rings is 3. The standard InChI is InChI=1S/C23H17ClF2N2O4S/c24-20-4-2-1-3-15(20)14-27(33(31,32)19-11-7-17(26)8-12-19)21-13-22(29)28(23(21)30)18-9-5-16(25)6-10-18/h1-12,21H,13-14H2. The molecule has 1 fully saturated rings. The molecule has 170 valence electrons. The summed E-state index contributed by atoms with van der Waals surface area (Å²) in [7, 11) is -4.34. The van der Waals surface area contributed by atoms with Crippen LogP contribution in [0, 0.1) is 11.6 Å². The molecule has 4 rings (SSSR count). The van der Waals surface area contributed by atoms with Crippen molar-refractivity contribution >= 4 is 39.1 Å². The fraction of sp³-hybridized carbons (Fsp3) is 0.130. The number of sulfonamides is 1. The molecular formula is C23H17ClF2N2O4S. The Morgan fingerprint density at radius 1 is 0.909 bits per heavy atom. The summed E-state index contributed by atoms with van der Waals surface area (Å²) >= 11 is 6.23. The summed E-state index contributed by atoms with van der Waals surface area (Å²) in [6, 6.07) is 14.0. The summed E-state index contributed by atoms with van der Waals surface area (Å²) in [5, 5.41) is 0.281. The minimum absolute atomic E-state index is 0.130. The van der Waals surface area contributed by atoms with E-state index in [0.29, 0.717) is 5.56 Å². The number of hydrogen-bond acceptors (Lipinski definition) is 4. The third kappa shape index (κ3) is 4.52. The van der Waals surface area contributed by atoms with Crippen molar-refractivity contribution in [2.45, 2.75) is 23.9 Å². The summed E-state index contributed by atoms with van der Waals surface area (Å²) in [6.45, 7) is -0.291. The van der Waals surface area contributed by atoms with E-state index in [1.54, 1.807) is 24.3 Å². The molecule has 0 bridgehead atoms. The highest BCUT2D eigenvalue weighted by atomic mass is 35.5. The van der Waals surface area contributed by atoms with Crippen LogP contribution >= 0.6 is 11.6 Å². The number of imide groups is 1. The van der Waals surface area contributed by atoms with E-state index < -0.39 is 45.9 Å². The maximum atomic E-state index is 13.5. The molecule has 0 N–H and O–H groups in total. The first-order chi connectivity index (χ1) is 15.7. The van der Waals surface area contributed by atoms with Gasteiger partial charge in [-0.1, -0.05) is 29.8 Å². The fourth-order valence-electron chi connectivity index (χ4n) is 3.60. The quantitative estimate of drug-likeness (QED) is 0.487. The Bertz CT molecular complexity index is 1320. The van der Waals surface area contributed by atoms with Crippen molar-refractivity contribution in [3.63, 3.8) is 0 Å². The normalized spacial score (nSPS) is 16.6. The van der Waals surface area contributed by atoms with Crippen LogP contribution in [-0.4, -0.2) is 30.6 Å². The lowest BCUT2D eigenvalue weighted by molar-refractivity contribution is -0.122. The van der Waals surface area contributed by atoms with Gasteiger partial charge in [-0.25, -0.2) is 22.1 Å². The molecular weight excluding hydrogens is 474 g/mol. The molecule has 1 aliphatic rings. The zero-order valence-electron chi connectivity index (χ0n) is 17.0. The van der Waals surface area contributed by atoms with Crippen LogP contribution in [0.3, 0.4) is 0 Å².